The molecule has 0 unspecified atom stereocenters. The van der Waals surface area contributed by atoms with Crippen LogP contribution in [0.2, 0.25) is 0 Å². The van der Waals surface area contributed by atoms with E-state index in [1.54, 1.807) is 36.1 Å². The van der Waals surface area contributed by atoms with E-state index in [0.717, 1.165) is 0 Å². The molecule has 0 aromatic heterocycles. The van der Waals surface area contributed by atoms with Gasteiger partial charge in [0.2, 0.25) is 5.91 Å². The number of β-lactam (4-membered cyclic amide) rings is 1. The number of benzene rings is 2. The van der Waals surface area contributed by atoms with Crippen LogP contribution >= 0.6 is 0 Å². The fourth-order valence-electron chi connectivity index (χ4n) is 3.96. The van der Waals surface area contributed by atoms with Crippen molar-refractivity contribution in [3.05, 3.63) is 66.2 Å². The summed E-state index contributed by atoms with van der Waals surface area (Å²) in [4.78, 5) is 28.6. The van der Waals surface area contributed by atoms with Crippen molar-refractivity contribution in [2.75, 3.05) is 23.0 Å². The van der Waals surface area contributed by atoms with Crippen molar-refractivity contribution in [3.8, 4) is 0 Å². The van der Waals surface area contributed by atoms with E-state index in [1.807, 2.05) is 36.4 Å². The number of hydrogen-bond donors (Lipinski definition) is 2. The lowest BCUT2D eigenvalue weighted by atomic mass is 9.82. The second-order valence-corrected chi connectivity index (χ2v) is 7.47. The summed E-state index contributed by atoms with van der Waals surface area (Å²) in [6.45, 7) is 2.42. The lowest BCUT2D eigenvalue weighted by Crippen LogP contribution is -2.44. The highest BCUT2D eigenvalue weighted by Gasteiger charge is 2.53. The molecule has 2 heterocycles. The molecule has 1 fully saturated rings. The van der Waals surface area contributed by atoms with Gasteiger partial charge in [-0.2, -0.15) is 0 Å². The summed E-state index contributed by atoms with van der Waals surface area (Å²) in [5, 5.41) is 20.7. The summed E-state index contributed by atoms with van der Waals surface area (Å²) < 4.78 is 0. The molecule has 6 nitrogen and oxygen atoms in total. The van der Waals surface area contributed by atoms with Gasteiger partial charge >= 0.3 is 0 Å². The molecule has 0 spiro atoms. The fourth-order valence-corrected chi connectivity index (χ4v) is 3.96. The Balaban J connectivity index is 1.83. The second kappa shape index (κ2) is 7.46. The normalized spacial score (nSPS) is 22.2. The summed E-state index contributed by atoms with van der Waals surface area (Å²) in [7, 11) is 0. The number of carbonyl (C=O) groups is 2. The molecule has 2 aliphatic rings. The summed E-state index contributed by atoms with van der Waals surface area (Å²) in [5.74, 6) is -0.906. The Morgan fingerprint density at radius 2 is 1.90 bits per heavy atom. The molecule has 2 aliphatic heterocycles. The maximum atomic E-state index is 13.5. The number of nitrogens with zero attached hydrogens (tertiary/aromatic N) is 2. The number of para-hydroxylation sites is 1. The van der Waals surface area contributed by atoms with Gasteiger partial charge in [0.1, 0.15) is 0 Å². The highest BCUT2D eigenvalue weighted by Crippen LogP contribution is 2.49. The molecule has 0 bridgehead atoms. The number of carbonyl (C=O) groups excluding carboxylic acids is 2. The fraction of sp³-hybridized carbons (Fsp3) is 0.304. The average molecular weight is 392 g/mol. The van der Waals surface area contributed by atoms with Gasteiger partial charge < -0.3 is 15.1 Å². The highest BCUT2D eigenvalue weighted by atomic mass is 16.3. The first kappa shape index (κ1) is 19.4. The van der Waals surface area contributed by atoms with Crippen LogP contribution in [-0.4, -0.2) is 35.2 Å². The molecule has 0 aliphatic carbocycles. The Kier molecular flexibility index (Phi) is 4.98. The smallest absolute Gasteiger partial charge is 0.268 e. The number of anilines is 3. The Morgan fingerprint density at radius 1 is 1.14 bits per heavy atom. The van der Waals surface area contributed by atoms with Crippen LogP contribution in [0, 0.1) is 5.92 Å². The lowest BCUT2D eigenvalue weighted by Gasteiger charge is -2.32. The third kappa shape index (κ3) is 3.05. The zero-order valence-corrected chi connectivity index (χ0v) is 16.3. The Bertz CT molecular complexity index is 972. The third-order valence-electron chi connectivity index (χ3n) is 5.72. The zero-order chi connectivity index (χ0) is 20.6. The molecule has 150 valence electrons. The average Bonchev–Trinajstić information content (AvgIpc) is 2.95. The monoisotopic (exact) mass is 392 g/mol. The van der Waals surface area contributed by atoms with Gasteiger partial charge in [-0.15, -0.1) is 0 Å². The Hall–Kier alpha value is -2.96. The number of fused-ring (bicyclic) bond motifs is 1. The topological polar surface area (TPSA) is 81.1 Å². The van der Waals surface area contributed by atoms with Crippen molar-refractivity contribution in [3.63, 3.8) is 0 Å². The van der Waals surface area contributed by atoms with E-state index in [4.69, 9.17) is 5.11 Å². The molecule has 2 aromatic rings. The van der Waals surface area contributed by atoms with Crippen LogP contribution in [0.4, 0.5) is 17.1 Å². The number of rotatable bonds is 6. The summed E-state index contributed by atoms with van der Waals surface area (Å²) in [6.07, 6.45) is 4.49. The quantitative estimate of drug-likeness (QED) is 0.585. The summed E-state index contributed by atoms with van der Waals surface area (Å²) in [5.41, 5.74) is 0.704. The molecule has 29 heavy (non-hydrogen) atoms. The molecule has 6 heteroatoms. The minimum atomic E-state index is -1.76. The van der Waals surface area contributed by atoms with Crippen LogP contribution in [0.3, 0.4) is 0 Å². The lowest BCUT2D eigenvalue weighted by molar-refractivity contribution is -0.138. The van der Waals surface area contributed by atoms with Gasteiger partial charge in [0.15, 0.2) is 5.60 Å². The van der Waals surface area contributed by atoms with E-state index in [-0.39, 0.29) is 12.5 Å². The van der Waals surface area contributed by atoms with E-state index in [9.17, 15) is 14.7 Å². The van der Waals surface area contributed by atoms with Gasteiger partial charge in [0.25, 0.3) is 5.91 Å². The molecular weight excluding hydrogens is 368 g/mol. The molecular formula is C23H24N2O4. The molecule has 0 saturated carbocycles. The maximum absolute atomic E-state index is 13.5. The summed E-state index contributed by atoms with van der Waals surface area (Å²) in [6, 6.07) is 14.6. The van der Waals surface area contributed by atoms with Gasteiger partial charge in [0.05, 0.1) is 5.69 Å². The first-order valence-corrected chi connectivity index (χ1v) is 9.83. The molecule has 2 atom stereocenters. The minimum Gasteiger partial charge on any atom is -0.396 e. The number of amides is 2. The predicted octanol–water partition coefficient (Wildman–Crippen LogP) is 2.86. The van der Waals surface area contributed by atoms with Gasteiger partial charge in [0, 0.05) is 42.4 Å². The molecule has 0 radical (unpaired) electrons. The maximum Gasteiger partial charge on any atom is 0.268 e. The van der Waals surface area contributed by atoms with Crippen LogP contribution in [0.25, 0.3) is 0 Å². The van der Waals surface area contributed by atoms with E-state index >= 15 is 0 Å². The van der Waals surface area contributed by atoms with Crippen molar-refractivity contribution in [2.24, 2.45) is 5.92 Å². The Morgan fingerprint density at radius 3 is 2.52 bits per heavy atom. The van der Waals surface area contributed by atoms with Crippen molar-refractivity contribution in [1.29, 1.82) is 0 Å². The van der Waals surface area contributed by atoms with E-state index in [1.165, 1.54) is 4.90 Å². The highest BCUT2D eigenvalue weighted by molar-refractivity contribution is 6.13. The zero-order valence-electron chi connectivity index (χ0n) is 16.3. The standard InChI is InChI=1S/C23H24N2O4/c1-16(7-5-6-14-26)23(29)19-15-18(24-13-12-21(24)27)10-11-20(19)25(22(23)28)17-8-3-2-4-9-17/h2-5,7-11,15-16,26,29H,6,12-14H2,1H3/b7-5+/t16-,23+/m1/s1. The molecule has 2 aromatic carbocycles. The second-order valence-electron chi connectivity index (χ2n) is 7.47. The van der Waals surface area contributed by atoms with Crippen molar-refractivity contribution >= 4 is 28.9 Å². The molecule has 2 N–H and O–H groups in total. The van der Waals surface area contributed by atoms with Crippen molar-refractivity contribution < 1.29 is 19.8 Å². The van der Waals surface area contributed by atoms with Gasteiger partial charge in [-0.3, -0.25) is 14.5 Å². The van der Waals surface area contributed by atoms with Crippen LogP contribution < -0.4 is 9.80 Å². The van der Waals surface area contributed by atoms with Crippen LogP contribution in [0.15, 0.2) is 60.7 Å². The minimum absolute atomic E-state index is 0.00351. The van der Waals surface area contributed by atoms with Gasteiger partial charge in [-0.25, -0.2) is 0 Å². The first-order valence-electron chi connectivity index (χ1n) is 9.83. The van der Waals surface area contributed by atoms with E-state index in [0.29, 0.717) is 42.0 Å². The number of hydrogen-bond acceptors (Lipinski definition) is 4. The van der Waals surface area contributed by atoms with Crippen LogP contribution in [0.1, 0.15) is 25.3 Å². The molecule has 4 rings (SSSR count). The number of aliphatic hydroxyl groups excluding tert-OH is 1. The largest absolute Gasteiger partial charge is 0.396 e. The van der Waals surface area contributed by atoms with Crippen LogP contribution in [-0.2, 0) is 15.2 Å². The van der Waals surface area contributed by atoms with Crippen molar-refractivity contribution in [1.82, 2.24) is 0 Å². The van der Waals surface area contributed by atoms with Gasteiger partial charge in [-0.1, -0.05) is 37.3 Å². The molecule has 1 saturated heterocycles. The van der Waals surface area contributed by atoms with Crippen LogP contribution in [0.5, 0.6) is 0 Å². The van der Waals surface area contributed by atoms with E-state index < -0.39 is 17.4 Å². The first-order chi connectivity index (χ1) is 14.0. The van der Waals surface area contributed by atoms with Gasteiger partial charge in [-0.05, 0) is 36.8 Å². The Labute approximate surface area is 169 Å². The number of aliphatic hydroxyl groups is 2. The summed E-state index contributed by atoms with van der Waals surface area (Å²) >= 11 is 0. The third-order valence-corrected chi connectivity index (χ3v) is 5.72. The SMILES string of the molecule is C[C@H](/C=C/CCO)[C@@]1(O)C(=O)N(c2ccccc2)c2ccc(N3CCC3=O)cc21. The van der Waals surface area contributed by atoms with Crippen molar-refractivity contribution in [2.45, 2.75) is 25.4 Å². The molecule has 2 amide bonds. The van der Waals surface area contributed by atoms with E-state index in [2.05, 4.69) is 0 Å². The predicted molar refractivity (Wildman–Crippen MR) is 111 cm³/mol.